The number of fused-ring (bicyclic) bond motifs is 3. The Balaban J connectivity index is 1.52. The van der Waals surface area contributed by atoms with Gasteiger partial charge in [-0.2, -0.15) is 0 Å². The van der Waals surface area contributed by atoms with Gasteiger partial charge in [-0.1, -0.05) is 18.5 Å². The maximum absolute atomic E-state index is 12.6. The van der Waals surface area contributed by atoms with Gasteiger partial charge in [-0.05, 0) is 32.6 Å². The van der Waals surface area contributed by atoms with Crippen molar-refractivity contribution in [3.8, 4) is 5.88 Å². The number of aryl methyl sites for hydroxylation is 2. The molecule has 3 heterocycles. The van der Waals surface area contributed by atoms with Gasteiger partial charge in [0.1, 0.15) is 16.9 Å². The first-order valence-electron chi connectivity index (χ1n) is 9.74. The number of amides is 1. The van der Waals surface area contributed by atoms with Crippen molar-refractivity contribution < 1.29 is 14.1 Å². The maximum atomic E-state index is 12.6. The highest BCUT2D eigenvalue weighted by atomic mass is 16.5. The van der Waals surface area contributed by atoms with Crippen molar-refractivity contribution in [2.45, 2.75) is 63.9 Å². The second kappa shape index (κ2) is 6.96. The monoisotopic (exact) mass is 388 g/mol. The molecule has 1 saturated carbocycles. The van der Waals surface area contributed by atoms with Crippen LogP contribution in [-0.4, -0.2) is 33.2 Å². The molecule has 150 valence electrons. The molecule has 2 aliphatic rings. The van der Waals surface area contributed by atoms with Crippen LogP contribution in [-0.2, 0) is 6.42 Å². The molecular formula is C19H24N4O5. The number of nitrogens with zero attached hydrogens (tertiary/aromatic N) is 1. The van der Waals surface area contributed by atoms with Crippen molar-refractivity contribution in [1.29, 1.82) is 0 Å². The molecular weight excluding hydrogens is 364 g/mol. The Labute approximate surface area is 160 Å². The highest BCUT2D eigenvalue weighted by Crippen LogP contribution is 2.51. The summed E-state index contributed by atoms with van der Waals surface area (Å²) in [6.45, 7) is 4.02. The Bertz CT molecular complexity index is 1020. The largest absolute Gasteiger partial charge is 0.471 e. The number of hydrogen-bond donors (Lipinski definition) is 3. The predicted molar refractivity (Wildman–Crippen MR) is 99.8 cm³/mol. The van der Waals surface area contributed by atoms with E-state index in [1.54, 1.807) is 6.92 Å². The molecule has 0 bridgehead atoms. The zero-order valence-corrected chi connectivity index (χ0v) is 16.0. The molecule has 0 saturated heterocycles. The Morgan fingerprint density at radius 2 is 2.14 bits per heavy atom. The lowest BCUT2D eigenvalue weighted by Gasteiger charge is -2.38. The normalized spacial score (nSPS) is 23.0. The number of carbonyl (C=O) groups is 1. The van der Waals surface area contributed by atoms with Crippen molar-refractivity contribution >= 4 is 5.91 Å². The number of H-pyrrole nitrogens is 2. The first kappa shape index (κ1) is 18.5. The van der Waals surface area contributed by atoms with E-state index in [1.165, 1.54) is 0 Å². The van der Waals surface area contributed by atoms with Crippen LogP contribution in [0.3, 0.4) is 0 Å². The smallest absolute Gasteiger partial charge is 0.328 e. The highest BCUT2D eigenvalue weighted by Gasteiger charge is 2.51. The lowest BCUT2D eigenvalue weighted by atomic mass is 9.72. The number of rotatable bonds is 5. The third kappa shape index (κ3) is 2.94. The van der Waals surface area contributed by atoms with Gasteiger partial charge in [-0.3, -0.25) is 19.6 Å². The molecule has 1 aliphatic heterocycles. The molecule has 4 rings (SSSR count). The quantitative estimate of drug-likeness (QED) is 0.712. The highest BCUT2D eigenvalue weighted by molar-refractivity contribution is 5.96. The van der Waals surface area contributed by atoms with Gasteiger partial charge in [-0.25, -0.2) is 4.79 Å². The van der Waals surface area contributed by atoms with Crippen LogP contribution in [0, 0.1) is 6.92 Å². The molecule has 1 aliphatic carbocycles. The molecule has 3 N–H and O–H groups in total. The van der Waals surface area contributed by atoms with Gasteiger partial charge in [0.05, 0.1) is 11.3 Å². The van der Waals surface area contributed by atoms with E-state index in [2.05, 4.69) is 20.4 Å². The summed E-state index contributed by atoms with van der Waals surface area (Å²) in [6, 6.07) is 0. The number of aromatic amines is 2. The number of hydrogen-bond acceptors (Lipinski definition) is 6. The molecule has 28 heavy (non-hydrogen) atoms. The van der Waals surface area contributed by atoms with Gasteiger partial charge >= 0.3 is 5.69 Å². The summed E-state index contributed by atoms with van der Waals surface area (Å²) in [5, 5.41) is 6.85. The first-order chi connectivity index (χ1) is 13.4. The van der Waals surface area contributed by atoms with Gasteiger partial charge in [0, 0.05) is 18.9 Å². The summed E-state index contributed by atoms with van der Waals surface area (Å²) in [7, 11) is 0. The maximum Gasteiger partial charge on any atom is 0.328 e. The molecule has 0 aromatic carbocycles. The second-order valence-corrected chi connectivity index (χ2v) is 7.54. The third-order valence-corrected chi connectivity index (χ3v) is 5.90. The lowest BCUT2D eigenvalue weighted by Crippen LogP contribution is -2.44. The fourth-order valence-electron chi connectivity index (χ4n) is 4.59. The molecule has 1 fully saturated rings. The van der Waals surface area contributed by atoms with E-state index in [9.17, 15) is 14.4 Å². The van der Waals surface area contributed by atoms with Crippen LogP contribution in [0.4, 0.5) is 0 Å². The zero-order valence-electron chi connectivity index (χ0n) is 16.0. The molecule has 0 radical (unpaired) electrons. The van der Waals surface area contributed by atoms with E-state index in [1.807, 2.05) is 6.92 Å². The van der Waals surface area contributed by atoms with Crippen molar-refractivity contribution in [3.05, 3.63) is 43.4 Å². The van der Waals surface area contributed by atoms with Crippen LogP contribution >= 0.6 is 0 Å². The minimum Gasteiger partial charge on any atom is -0.471 e. The van der Waals surface area contributed by atoms with Crippen LogP contribution in [0.5, 0.6) is 5.88 Å². The molecule has 0 spiro atoms. The fraction of sp³-hybridized carbons (Fsp3) is 0.579. The second-order valence-electron chi connectivity index (χ2n) is 7.54. The molecule has 1 amide bonds. The Hall–Kier alpha value is -2.84. The van der Waals surface area contributed by atoms with Crippen molar-refractivity contribution in [3.63, 3.8) is 0 Å². The van der Waals surface area contributed by atoms with Crippen LogP contribution in [0.2, 0.25) is 0 Å². The molecule has 9 heteroatoms. The average molecular weight is 388 g/mol. The molecule has 2 atom stereocenters. The molecule has 2 aromatic rings. The first-order valence-corrected chi connectivity index (χ1v) is 9.74. The van der Waals surface area contributed by atoms with Crippen molar-refractivity contribution in [2.24, 2.45) is 0 Å². The van der Waals surface area contributed by atoms with Crippen molar-refractivity contribution in [1.82, 2.24) is 20.4 Å². The number of carbonyl (C=O) groups excluding carboxylic acids is 1. The van der Waals surface area contributed by atoms with E-state index in [-0.39, 0.29) is 23.3 Å². The average Bonchev–Trinajstić information content (AvgIpc) is 3.18. The summed E-state index contributed by atoms with van der Waals surface area (Å²) in [6.07, 6.45) is 4.73. The van der Waals surface area contributed by atoms with E-state index in [0.29, 0.717) is 42.0 Å². The van der Waals surface area contributed by atoms with Crippen LogP contribution in [0.25, 0.3) is 0 Å². The third-order valence-electron chi connectivity index (χ3n) is 5.90. The van der Waals surface area contributed by atoms with Gasteiger partial charge < -0.3 is 14.6 Å². The Kier molecular flexibility index (Phi) is 4.60. The van der Waals surface area contributed by atoms with Crippen LogP contribution in [0.15, 0.2) is 14.1 Å². The van der Waals surface area contributed by atoms with Crippen LogP contribution in [0.1, 0.15) is 72.3 Å². The van der Waals surface area contributed by atoms with Gasteiger partial charge in [0.15, 0.2) is 0 Å². The predicted octanol–water partition coefficient (Wildman–Crippen LogP) is 1.53. The number of nitrogens with one attached hydrogen (secondary N) is 3. The summed E-state index contributed by atoms with van der Waals surface area (Å²) < 4.78 is 11.3. The molecule has 2 aromatic heterocycles. The van der Waals surface area contributed by atoms with Gasteiger partial charge in [0.25, 0.3) is 11.5 Å². The van der Waals surface area contributed by atoms with E-state index >= 15 is 0 Å². The molecule has 9 nitrogen and oxygen atoms in total. The number of ether oxygens (including phenoxy) is 1. The topological polar surface area (TPSA) is 130 Å². The summed E-state index contributed by atoms with van der Waals surface area (Å²) in [4.78, 5) is 41.5. The summed E-state index contributed by atoms with van der Waals surface area (Å²) in [5.41, 5.74) is 0.107. The zero-order chi connectivity index (χ0) is 19.9. The standard InChI is InChI=1S/C19H24N4O5/c1-3-12-13(10(2)28-23-12)15(24)20-9-8-19-7-5-4-6-11(19)14-16(25)21-18(26)22-17(14)27-19/h11H,3-9H2,1-2H3,(H,20,24)(H2,21,22,25,26)/t11-,19+/m1/s1. The van der Waals surface area contributed by atoms with E-state index in [0.717, 1.165) is 25.7 Å². The minimum absolute atomic E-state index is 0.0858. The number of aromatic nitrogens is 3. The lowest BCUT2D eigenvalue weighted by molar-refractivity contribution is 0.0245. The van der Waals surface area contributed by atoms with Gasteiger partial charge in [-0.15, -0.1) is 0 Å². The van der Waals surface area contributed by atoms with E-state index in [4.69, 9.17) is 9.26 Å². The van der Waals surface area contributed by atoms with Gasteiger partial charge in [0.2, 0.25) is 5.88 Å². The molecule has 0 unspecified atom stereocenters. The summed E-state index contributed by atoms with van der Waals surface area (Å²) >= 11 is 0. The summed E-state index contributed by atoms with van der Waals surface area (Å²) in [5.74, 6) is 0.463. The minimum atomic E-state index is -0.581. The van der Waals surface area contributed by atoms with Crippen molar-refractivity contribution in [2.75, 3.05) is 6.54 Å². The SMILES string of the molecule is CCc1noc(C)c1C(=O)NCC[C@@]12CCCC[C@@H]1c1c([nH]c(=O)[nH]c1=O)O2. The Morgan fingerprint density at radius 3 is 2.93 bits per heavy atom. The van der Waals surface area contributed by atoms with E-state index < -0.39 is 11.3 Å². The Morgan fingerprint density at radius 1 is 1.32 bits per heavy atom. The fourth-order valence-corrected chi connectivity index (χ4v) is 4.59. The van der Waals surface area contributed by atoms with Crippen LogP contribution < -0.4 is 21.3 Å².